The van der Waals surface area contributed by atoms with E-state index in [2.05, 4.69) is 54.5 Å². The van der Waals surface area contributed by atoms with Crippen LogP contribution in [0.25, 0.3) is 0 Å². The normalized spacial score (nSPS) is 18.9. The van der Waals surface area contributed by atoms with Crippen molar-refractivity contribution in [3.63, 3.8) is 0 Å². The molecule has 0 amide bonds. The Morgan fingerprint density at radius 3 is 2.35 bits per heavy atom. The third-order valence-electron chi connectivity index (χ3n) is 4.66. The van der Waals surface area contributed by atoms with E-state index in [0.29, 0.717) is 6.04 Å². The summed E-state index contributed by atoms with van der Waals surface area (Å²) >= 11 is 0. The first-order valence-corrected chi connectivity index (χ1v) is 8.30. The highest BCUT2D eigenvalue weighted by Crippen LogP contribution is 2.28. The molecule has 1 aromatic carbocycles. The first kappa shape index (κ1) is 15.5. The van der Waals surface area contributed by atoms with Crippen molar-refractivity contribution in [1.82, 2.24) is 10.2 Å². The summed E-state index contributed by atoms with van der Waals surface area (Å²) in [6, 6.07) is 12.2. The Labute approximate surface area is 124 Å². The van der Waals surface area contributed by atoms with Crippen molar-refractivity contribution in [3.05, 3.63) is 35.9 Å². The van der Waals surface area contributed by atoms with Crippen LogP contribution in [0.5, 0.6) is 0 Å². The largest absolute Gasteiger partial charge is 0.315 e. The summed E-state index contributed by atoms with van der Waals surface area (Å²) in [6.45, 7) is 4.28. The Morgan fingerprint density at radius 1 is 1.10 bits per heavy atom. The first-order chi connectivity index (χ1) is 9.83. The van der Waals surface area contributed by atoms with Gasteiger partial charge in [-0.15, -0.1) is 0 Å². The van der Waals surface area contributed by atoms with Gasteiger partial charge in [0.2, 0.25) is 0 Å². The smallest absolute Gasteiger partial charge is 0.0472 e. The Hall–Kier alpha value is -0.860. The molecule has 0 heterocycles. The minimum atomic E-state index is 0.499. The lowest BCUT2D eigenvalue weighted by atomic mass is 10.0. The summed E-state index contributed by atoms with van der Waals surface area (Å²) in [4.78, 5) is 2.63. The molecule has 1 aliphatic rings. The lowest BCUT2D eigenvalue weighted by Gasteiger charge is -2.35. The standard InChI is InChI=1S/C18H30N2/c1-3-19-15-18(16-11-7-6-8-12-16)20(2)17-13-9-4-5-10-14-17/h6-8,11-12,17-19H,3-5,9-10,13-15H2,1-2H3. The summed E-state index contributed by atoms with van der Waals surface area (Å²) in [5, 5.41) is 3.54. The molecule has 20 heavy (non-hydrogen) atoms. The van der Waals surface area contributed by atoms with E-state index in [1.807, 2.05) is 0 Å². The van der Waals surface area contributed by atoms with Gasteiger partial charge in [0, 0.05) is 18.6 Å². The van der Waals surface area contributed by atoms with Crippen LogP contribution in [-0.4, -0.2) is 31.1 Å². The van der Waals surface area contributed by atoms with Gasteiger partial charge in [-0.05, 0) is 32.0 Å². The van der Waals surface area contributed by atoms with E-state index in [0.717, 1.165) is 19.1 Å². The van der Waals surface area contributed by atoms with Crippen LogP contribution in [0, 0.1) is 0 Å². The second kappa shape index (κ2) is 8.43. The zero-order valence-corrected chi connectivity index (χ0v) is 13.1. The van der Waals surface area contributed by atoms with E-state index in [-0.39, 0.29) is 0 Å². The second-order valence-electron chi connectivity index (χ2n) is 6.05. The van der Waals surface area contributed by atoms with Crippen molar-refractivity contribution in [3.8, 4) is 0 Å². The van der Waals surface area contributed by atoms with Gasteiger partial charge in [0.25, 0.3) is 0 Å². The molecule has 1 aliphatic carbocycles. The average molecular weight is 274 g/mol. The maximum Gasteiger partial charge on any atom is 0.0472 e. The van der Waals surface area contributed by atoms with Gasteiger partial charge in [0.05, 0.1) is 0 Å². The Morgan fingerprint density at radius 2 is 1.75 bits per heavy atom. The van der Waals surface area contributed by atoms with Crippen LogP contribution in [0.3, 0.4) is 0 Å². The summed E-state index contributed by atoms with van der Waals surface area (Å²) in [5.74, 6) is 0. The van der Waals surface area contributed by atoms with Crippen molar-refractivity contribution in [2.75, 3.05) is 20.1 Å². The molecular weight excluding hydrogens is 244 g/mol. The number of nitrogens with one attached hydrogen (secondary N) is 1. The van der Waals surface area contributed by atoms with Crippen LogP contribution in [0.15, 0.2) is 30.3 Å². The lowest BCUT2D eigenvalue weighted by Crippen LogP contribution is -2.39. The highest BCUT2D eigenvalue weighted by molar-refractivity contribution is 5.19. The predicted octanol–water partition coefficient (Wildman–Crippen LogP) is 3.99. The van der Waals surface area contributed by atoms with Gasteiger partial charge in [0.15, 0.2) is 0 Å². The fourth-order valence-electron chi connectivity index (χ4n) is 3.37. The predicted molar refractivity (Wildman–Crippen MR) is 87.0 cm³/mol. The van der Waals surface area contributed by atoms with Gasteiger partial charge in [-0.2, -0.15) is 0 Å². The minimum absolute atomic E-state index is 0.499. The van der Waals surface area contributed by atoms with Gasteiger partial charge in [-0.3, -0.25) is 4.90 Å². The van der Waals surface area contributed by atoms with E-state index >= 15 is 0 Å². The zero-order valence-electron chi connectivity index (χ0n) is 13.1. The van der Waals surface area contributed by atoms with Gasteiger partial charge in [-0.25, -0.2) is 0 Å². The fourth-order valence-corrected chi connectivity index (χ4v) is 3.37. The molecule has 0 saturated heterocycles. The number of nitrogens with zero attached hydrogens (tertiary/aromatic N) is 1. The van der Waals surface area contributed by atoms with E-state index in [4.69, 9.17) is 0 Å². The molecule has 2 rings (SSSR count). The number of hydrogen-bond donors (Lipinski definition) is 1. The molecule has 1 N–H and O–H groups in total. The molecule has 0 radical (unpaired) electrons. The summed E-state index contributed by atoms with van der Waals surface area (Å²) < 4.78 is 0. The number of likely N-dealkylation sites (N-methyl/N-ethyl adjacent to an activating group) is 2. The van der Waals surface area contributed by atoms with Gasteiger partial charge < -0.3 is 5.32 Å². The maximum absolute atomic E-state index is 3.54. The van der Waals surface area contributed by atoms with Crippen molar-refractivity contribution < 1.29 is 0 Å². The van der Waals surface area contributed by atoms with E-state index in [1.165, 1.54) is 44.1 Å². The molecule has 1 atom stereocenters. The number of hydrogen-bond acceptors (Lipinski definition) is 2. The van der Waals surface area contributed by atoms with Crippen LogP contribution in [0.2, 0.25) is 0 Å². The van der Waals surface area contributed by atoms with Crippen LogP contribution in [0.4, 0.5) is 0 Å². The highest BCUT2D eigenvalue weighted by Gasteiger charge is 2.24. The molecule has 1 unspecified atom stereocenters. The minimum Gasteiger partial charge on any atom is -0.315 e. The molecule has 0 spiro atoms. The monoisotopic (exact) mass is 274 g/mol. The topological polar surface area (TPSA) is 15.3 Å². The van der Waals surface area contributed by atoms with Crippen LogP contribution < -0.4 is 5.32 Å². The molecule has 2 nitrogen and oxygen atoms in total. The maximum atomic E-state index is 3.54. The first-order valence-electron chi connectivity index (χ1n) is 8.30. The van der Waals surface area contributed by atoms with Gasteiger partial charge >= 0.3 is 0 Å². The summed E-state index contributed by atoms with van der Waals surface area (Å²) in [7, 11) is 2.32. The second-order valence-corrected chi connectivity index (χ2v) is 6.05. The fraction of sp³-hybridized carbons (Fsp3) is 0.667. The third kappa shape index (κ3) is 4.32. The van der Waals surface area contributed by atoms with Crippen LogP contribution in [-0.2, 0) is 0 Å². The van der Waals surface area contributed by atoms with Crippen LogP contribution in [0.1, 0.15) is 57.1 Å². The average Bonchev–Trinajstić information content (AvgIpc) is 2.77. The summed E-state index contributed by atoms with van der Waals surface area (Å²) in [6.07, 6.45) is 8.38. The third-order valence-corrected chi connectivity index (χ3v) is 4.66. The molecule has 112 valence electrons. The molecule has 1 fully saturated rings. The van der Waals surface area contributed by atoms with Crippen molar-refractivity contribution in [1.29, 1.82) is 0 Å². The quantitative estimate of drug-likeness (QED) is 0.789. The highest BCUT2D eigenvalue weighted by atomic mass is 15.2. The molecule has 0 aliphatic heterocycles. The van der Waals surface area contributed by atoms with E-state index < -0.39 is 0 Å². The van der Waals surface area contributed by atoms with E-state index in [1.54, 1.807) is 0 Å². The van der Waals surface area contributed by atoms with Crippen molar-refractivity contribution in [2.45, 2.75) is 57.5 Å². The molecule has 0 aromatic heterocycles. The molecule has 0 bridgehead atoms. The molecule has 1 saturated carbocycles. The van der Waals surface area contributed by atoms with E-state index in [9.17, 15) is 0 Å². The number of benzene rings is 1. The Balaban J connectivity index is 2.08. The SMILES string of the molecule is CCNCC(c1ccccc1)N(C)C1CCCCCC1. The lowest BCUT2D eigenvalue weighted by molar-refractivity contribution is 0.155. The zero-order chi connectivity index (χ0) is 14.2. The van der Waals surface area contributed by atoms with Crippen molar-refractivity contribution in [2.24, 2.45) is 0 Å². The number of rotatable bonds is 6. The molecular formula is C18H30N2. The Bertz CT molecular complexity index is 355. The Kier molecular flexibility index (Phi) is 6.55. The molecule has 1 aromatic rings. The molecule has 2 heteroatoms. The van der Waals surface area contributed by atoms with Gasteiger partial charge in [-0.1, -0.05) is 62.9 Å². The summed E-state index contributed by atoms with van der Waals surface area (Å²) in [5.41, 5.74) is 1.44. The van der Waals surface area contributed by atoms with Gasteiger partial charge in [0.1, 0.15) is 0 Å². The van der Waals surface area contributed by atoms with Crippen molar-refractivity contribution >= 4 is 0 Å². The van der Waals surface area contributed by atoms with Crippen LogP contribution >= 0.6 is 0 Å².